The molecule has 0 amide bonds. The predicted molar refractivity (Wildman–Crippen MR) is 71.8 cm³/mol. The van der Waals surface area contributed by atoms with E-state index in [9.17, 15) is 0 Å². The van der Waals surface area contributed by atoms with Crippen molar-refractivity contribution in [3.63, 3.8) is 0 Å². The van der Waals surface area contributed by atoms with Crippen molar-refractivity contribution in [3.05, 3.63) is 28.4 Å². The summed E-state index contributed by atoms with van der Waals surface area (Å²) in [7, 11) is 0. The molecule has 0 saturated heterocycles. The van der Waals surface area contributed by atoms with E-state index >= 15 is 0 Å². The van der Waals surface area contributed by atoms with Crippen molar-refractivity contribution in [2.75, 3.05) is 0 Å². The number of nitrogens with one attached hydrogen (secondary N) is 1. The Morgan fingerprint density at radius 1 is 1.29 bits per heavy atom. The number of fused-ring (bicyclic) bond motifs is 1. The predicted octanol–water partition coefficient (Wildman–Crippen LogP) is 4.39. The second-order valence-electron chi connectivity index (χ2n) is 5.98. The third-order valence-corrected chi connectivity index (χ3v) is 3.74. The molecule has 2 nitrogen and oxygen atoms in total. The fraction of sp³-hybridized carbons (Fsp3) is 0.500. The number of nitrogens with zero attached hydrogens (tertiary/aromatic N) is 1. The smallest absolute Gasteiger partial charge is 0.0735 e. The topological polar surface area (TPSA) is 28.7 Å². The fourth-order valence-corrected chi connectivity index (χ4v) is 2.94. The Morgan fingerprint density at radius 2 is 2.00 bits per heavy atom. The van der Waals surface area contributed by atoms with Crippen LogP contribution in [0.4, 0.5) is 0 Å². The molecule has 1 heterocycles. The zero-order chi connectivity index (χ0) is 12.2. The molecule has 0 radical (unpaired) electrons. The molecular formula is C14H17ClN2. The first-order valence-electron chi connectivity index (χ1n) is 6.15. The van der Waals surface area contributed by atoms with Gasteiger partial charge in [-0.3, -0.25) is 5.10 Å². The van der Waals surface area contributed by atoms with E-state index in [-0.39, 0.29) is 5.41 Å². The summed E-state index contributed by atoms with van der Waals surface area (Å²) in [5.41, 5.74) is 3.60. The SMILES string of the molecule is CC(C)(C)c1c(Cl)ccc2[nH]nc(C3CC3)c12. The second-order valence-corrected chi connectivity index (χ2v) is 6.39. The highest BCUT2D eigenvalue weighted by molar-refractivity contribution is 6.32. The lowest BCUT2D eigenvalue weighted by Crippen LogP contribution is -2.12. The van der Waals surface area contributed by atoms with Crippen LogP contribution in [0.15, 0.2) is 12.1 Å². The van der Waals surface area contributed by atoms with Gasteiger partial charge in [-0.1, -0.05) is 32.4 Å². The Morgan fingerprint density at radius 3 is 2.59 bits per heavy atom. The van der Waals surface area contributed by atoms with Crippen LogP contribution in [0.1, 0.15) is 50.8 Å². The molecule has 0 spiro atoms. The first-order valence-corrected chi connectivity index (χ1v) is 6.53. The molecule has 0 atom stereocenters. The number of H-pyrrole nitrogens is 1. The highest BCUT2D eigenvalue weighted by Crippen LogP contribution is 2.45. The molecule has 2 aromatic rings. The van der Waals surface area contributed by atoms with Gasteiger partial charge in [0.15, 0.2) is 0 Å². The van der Waals surface area contributed by atoms with E-state index in [0.29, 0.717) is 5.92 Å². The molecule has 1 aliphatic carbocycles. The second kappa shape index (κ2) is 3.49. The van der Waals surface area contributed by atoms with Gasteiger partial charge >= 0.3 is 0 Å². The van der Waals surface area contributed by atoms with E-state index in [2.05, 4.69) is 31.0 Å². The maximum Gasteiger partial charge on any atom is 0.0735 e. The summed E-state index contributed by atoms with van der Waals surface area (Å²) in [5.74, 6) is 0.642. The number of benzene rings is 1. The van der Waals surface area contributed by atoms with Gasteiger partial charge in [0, 0.05) is 16.3 Å². The zero-order valence-corrected chi connectivity index (χ0v) is 11.2. The first-order chi connectivity index (χ1) is 7.98. The van der Waals surface area contributed by atoms with E-state index in [1.54, 1.807) is 0 Å². The molecule has 0 aliphatic heterocycles. The third-order valence-electron chi connectivity index (χ3n) is 3.42. The molecule has 3 rings (SSSR count). The molecular weight excluding hydrogens is 232 g/mol. The standard InChI is InChI=1S/C14H17ClN2/c1-14(2,3)12-9(15)6-7-10-11(12)13(17-16-10)8-4-5-8/h6-8H,4-5H2,1-3H3,(H,16,17). The summed E-state index contributed by atoms with van der Waals surface area (Å²) >= 11 is 6.40. The van der Waals surface area contributed by atoms with Crippen molar-refractivity contribution >= 4 is 22.5 Å². The lowest BCUT2D eigenvalue weighted by molar-refractivity contribution is 0.595. The van der Waals surface area contributed by atoms with Gasteiger partial charge in [-0.2, -0.15) is 5.10 Å². The van der Waals surface area contributed by atoms with E-state index in [1.807, 2.05) is 12.1 Å². The van der Waals surface area contributed by atoms with Crippen molar-refractivity contribution in [2.24, 2.45) is 0 Å². The maximum absolute atomic E-state index is 6.40. The molecule has 1 fully saturated rings. The van der Waals surface area contributed by atoms with Crippen LogP contribution in [0.5, 0.6) is 0 Å². The van der Waals surface area contributed by atoms with E-state index < -0.39 is 0 Å². The van der Waals surface area contributed by atoms with Crippen molar-refractivity contribution in [2.45, 2.75) is 44.9 Å². The molecule has 0 unspecified atom stereocenters. The first kappa shape index (κ1) is 11.1. The minimum Gasteiger partial charge on any atom is -0.278 e. The number of aromatic nitrogens is 2. The largest absolute Gasteiger partial charge is 0.278 e. The van der Waals surface area contributed by atoms with Crippen LogP contribution in [0.3, 0.4) is 0 Å². The van der Waals surface area contributed by atoms with E-state index in [1.165, 1.54) is 29.5 Å². The number of rotatable bonds is 1. The molecule has 0 bridgehead atoms. The molecule has 1 aromatic heterocycles. The van der Waals surface area contributed by atoms with Gasteiger partial charge in [0.25, 0.3) is 0 Å². The number of halogens is 1. The lowest BCUT2D eigenvalue weighted by Gasteiger charge is -2.22. The normalized spacial score (nSPS) is 16.7. The molecule has 90 valence electrons. The average Bonchev–Trinajstić information content (AvgIpc) is 2.97. The van der Waals surface area contributed by atoms with Gasteiger partial charge in [-0.25, -0.2) is 0 Å². The molecule has 17 heavy (non-hydrogen) atoms. The van der Waals surface area contributed by atoms with Gasteiger partial charge < -0.3 is 0 Å². The van der Waals surface area contributed by atoms with Gasteiger partial charge in [0.2, 0.25) is 0 Å². The van der Waals surface area contributed by atoms with Crippen molar-refractivity contribution in [1.82, 2.24) is 10.2 Å². The molecule has 1 saturated carbocycles. The Bertz CT molecular complexity index is 574. The van der Waals surface area contributed by atoms with Crippen LogP contribution in [-0.4, -0.2) is 10.2 Å². The molecule has 1 N–H and O–H groups in total. The van der Waals surface area contributed by atoms with Gasteiger partial charge in [-0.15, -0.1) is 0 Å². The molecule has 1 aromatic carbocycles. The third kappa shape index (κ3) is 1.75. The Balaban J connectivity index is 2.36. The van der Waals surface area contributed by atoms with Crippen LogP contribution >= 0.6 is 11.6 Å². The summed E-state index contributed by atoms with van der Waals surface area (Å²) in [4.78, 5) is 0. The zero-order valence-electron chi connectivity index (χ0n) is 10.5. The monoisotopic (exact) mass is 248 g/mol. The number of aromatic amines is 1. The van der Waals surface area contributed by atoms with Crippen LogP contribution in [0, 0.1) is 0 Å². The summed E-state index contributed by atoms with van der Waals surface area (Å²) in [6.07, 6.45) is 2.52. The lowest BCUT2D eigenvalue weighted by atomic mass is 9.84. The summed E-state index contributed by atoms with van der Waals surface area (Å²) in [5, 5.41) is 9.74. The number of hydrogen-bond acceptors (Lipinski definition) is 1. The van der Waals surface area contributed by atoms with Crippen LogP contribution in [0.25, 0.3) is 10.9 Å². The van der Waals surface area contributed by atoms with Crippen LogP contribution in [-0.2, 0) is 5.41 Å². The molecule has 3 heteroatoms. The minimum atomic E-state index is 0.0457. The van der Waals surface area contributed by atoms with Gasteiger partial charge in [0.05, 0.1) is 11.2 Å². The fourth-order valence-electron chi connectivity index (χ4n) is 2.50. The van der Waals surface area contributed by atoms with Crippen LogP contribution < -0.4 is 0 Å². The Kier molecular flexibility index (Phi) is 2.27. The average molecular weight is 249 g/mol. The van der Waals surface area contributed by atoms with E-state index in [4.69, 9.17) is 11.6 Å². The van der Waals surface area contributed by atoms with Crippen molar-refractivity contribution in [3.8, 4) is 0 Å². The highest BCUT2D eigenvalue weighted by Gasteiger charge is 2.31. The highest BCUT2D eigenvalue weighted by atomic mass is 35.5. The minimum absolute atomic E-state index is 0.0457. The van der Waals surface area contributed by atoms with Crippen LogP contribution in [0.2, 0.25) is 5.02 Å². The molecule has 1 aliphatic rings. The van der Waals surface area contributed by atoms with E-state index in [0.717, 1.165) is 10.5 Å². The number of hydrogen-bond donors (Lipinski definition) is 1. The van der Waals surface area contributed by atoms with Gasteiger partial charge in [-0.05, 0) is 36.0 Å². The summed E-state index contributed by atoms with van der Waals surface area (Å²) in [6.45, 7) is 6.62. The quantitative estimate of drug-likeness (QED) is 0.797. The summed E-state index contributed by atoms with van der Waals surface area (Å²) in [6, 6.07) is 4.01. The maximum atomic E-state index is 6.40. The summed E-state index contributed by atoms with van der Waals surface area (Å²) < 4.78 is 0. The van der Waals surface area contributed by atoms with Crippen molar-refractivity contribution in [1.29, 1.82) is 0 Å². The Labute approximate surface area is 106 Å². The Hall–Kier alpha value is -1.02. The van der Waals surface area contributed by atoms with Gasteiger partial charge in [0.1, 0.15) is 0 Å². The van der Waals surface area contributed by atoms with Crippen molar-refractivity contribution < 1.29 is 0 Å².